The van der Waals surface area contributed by atoms with E-state index < -0.39 is 23.3 Å². The minimum absolute atomic E-state index is 0. The summed E-state index contributed by atoms with van der Waals surface area (Å²) in [6, 6.07) is 7.55. The summed E-state index contributed by atoms with van der Waals surface area (Å²) in [7, 11) is 4.15. The molecule has 0 radical (unpaired) electrons. The molecule has 0 spiro atoms. The van der Waals surface area contributed by atoms with E-state index in [4.69, 9.17) is 47.4 Å². The van der Waals surface area contributed by atoms with Crippen molar-refractivity contribution in [1.29, 1.82) is 0 Å². The largest absolute Gasteiger partial charge is 1.00 e. The number of rotatable bonds is 26. The zero-order chi connectivity index (χ0) is 102. The summed E-state index contributed by atoms with van der Waals surface area (Å²) in [5.74, 6) is 14.3. The van der Waals surface area contributed by atoms with Crippen LogP contribution in [0, 0.1) is 93.5 Å². The van der Waals surface area contributed by atoms with E-state index in [-0.39, 0.29) is 173 Å². The number of esters is 3. The molecule has 33 heteroatoms. The Hall–Kier alpha value is -4.55. The third-order valence-corrected chi connectivity index (χ3v) is 36.7. The van der Waals surface area contributed by atoms with Crippen molar-refractivity contribution in [2.75, 3.05) is 107 Å². The number of carbonyl (C=O) groups excluding carboxylic acids is 9. The maximum atomic E-state index is 14.2. The fourth-order valence-electron chi connectivity index (χ4n) is 21.9. The van der Waals surface area contributed by atoms with Crippen LogP contribution in [0.4, 0.5) is 22.7 Å². The second kappa shape index (κ2) is 58.3. The SMILES string of the molecule is CC1CCC(C(=O)N(c2cc(C#CC(C)(C)CCO)sc2C(=O)[O-])C2CCC(OC3CCOC3)CC2)CC1.CC1CCOC1.COC(=O)c1sc(C#CC(C)(C)CCO)cc1N(C(=O)C1CCC(C)CC1)C1CCC(OC2CCOC2)CC1.COC(=O)c1sc(I)cc1N(C(=O)C1CCC(C)CC1)C1CCC(=O)CC1.COC(=O)c1sc(I)cc1N(C(=O)C1CCC(C)CC1)C1CCC(OC2CCOC2)CC1.[Na+]. The first kappa shape index (κ1) is 119. The molecular formula is C110H157I2N4NaO22S4. The van der Waals surface area contributed by atoms with Gasteiger partial charge < -0.3 is 87.1 Å². The maximum Gasteiger partial charge on any atom is 1.00 e. The Kier molecular flexibility index (Phi) is 48.4. The molecule has 16 rings (SSSR count). The number of carboxylic acids is 1. The summed E-state index contributed by atoms with van der Waals surface area (Å²) < 4.78 is 57.4. The molecule has 4 unspecified atom stereocenters. The minimum Gasteiger partial charge on any atom is -0.544 e. The number of nitrogens with zero attached hydrogens (tertiary/aromatic N) is 4. The number of carboxylic acid groups (broad SMARTS) is 1. The van der Waals surface area contributed by atoms with Crippen molar-refractivity contribution >= 4 is 167 Å². The maximum absolute atomic E-state index is 14.2. The minimum atomic E-state index is -1.28. The Labute approximate surface area is 914 Å². The van der Waals surface area contributed by atoms with Gasteiger partial charge >= 0.3 is 47.5 Å². The van der Waals surface area contributed by atoms with E-state index in [0.29, 0.717) is 119 Å². The number of methoxy groups -OCH3 is 3. The van der Waals surface area contributed by atoms with Crippen molar-refractivity contribution in [3.8, 4) is 23.7 Å². The standard InChI is InChI=1S/C31H45NO6S.C30H43NO6S.C24H34INO5S.C20H26INO4S.C5H10O.Na/c1-21-5-7-22(8-6-21)29(34)32(23-9-11-24(12-10-23)38-25-14-18-37-20-25)27-19-26(39-28(27)30(35)36-4)13-15-31(2,3)16-17-33;1-20-4-6-21(7-5-20)28(33)31(22-8-10-23(11-9-22)37-24-13-17-36-19-24)26-18-25(38-27(26)29(34)35)12-14-30(2,3)15-16-32;1-15-3-5-16(6-4-15)23(27)26(20-13-21(25)32-22(20)24(28)29-2)17-7-9-18(10-8-17)31-19-11-12-30-14-19;1-12-3-5-13(6-4-12)19(24)22(14-7-9-15(23)10-8-14)16-11-17(21)27-18(16)20(25)26-2;1-5-2-3-6-4-5;/h19,21-25,33H,5-12,14,16-18,20H2,1-4H3;18,20-24,32H,4-11,13,15-17,19H2,1-3H3,(H,34,35);13,15-19H,3-12,14H2,1-2H3;11-14H,3-10H2,1-2H3;5H,2-4H2,1H3;/q;;;;;+1/p-1. The number of hydrogen-bond donors (Lipinski definition) is 2. The summed E-state index contributed by atoms with van der Waals surface area (Å²) in [6.07, 6.45) is 34.5. The number of aromatic carboxylic acids is 1. The van der Waals surface area contributed by atoms with E-state index in [1.807, 2.05) is 60.6 Å². The predicted octanol–water partition coefficient (Wildman–Crippen LogP) is 18.0. The first-order chi connectivity index (χ1) is 68.1. The average Bonchev–Trinajstić information content (AvgIpc) is 1.68. The van der Waals surface area contributed by atoms with Crippen LogP contribution in [-0.4, -0.2) is 212 Å². The first-order valence-electron chi connectivity index (χ1n) is 52.8. The number of ketones is 1. The number of carbonyl (C=O) groups is 9. The number of hydrogen-bond acceptors (Lipinski definition) is 26. The van der Waals surface area contributed by atoms with Crippen LogP contribution in [0.1, 0.15) is 355 Å². The first-order valence-corrected chi connectivity index (χ1v) is 58.3. The van der Waals surface area contributed by atoms with E-state index >= 15 is 0 Å². The average molecular weight is 2290 g/mol. The van der Waals surface area contributed by atoms with Gasteiger partial charge in [0, 0.05) is 118 Å². The van der Waals surface area contributed by atoms with Gasteiger partial charge in [-0.25, -0.2) is 14.4 Å². The van der Waals surface area contributed by atoms with Crippen LogP contribution in [0.25, 0.3) is 0 Å². The molecule has 0 bridgehead atoms. The molecule has 12 fully saturated rings. The zero-order valence-corrected chi connectivity index (χ0v) is 96.5. The number of aliphatic hydroxyl groups excluding tert-OH is 2. The summed E-state index contributed by atoms with van der Waals surface area (Å²) in [5.41, 5.74) is 1.70. The van der Waals surface area contributed by atoms with Crippen LogP contribution < -0.4 is 54.3 Å². The van der Waals surface area contributed by atoms with E-state index in [0.717, 1.165) is 266 Å². The predicted molar refractivity (Wildman–Crippen MR) is 571 cm³/mol. The smallest absolute Gasteiger partial charge is 0.544 e. The number of anilines is 4. The summed E-state index contributed by atoms with van der Waals surface area (Å²) in [4.78, 5) is 128. The van der Waals surface area contributed by atoms with Gasteiger partial charge in [0.15, 0.2) is 0 Å². The second-order valence-electron chi connectivity index (χ2n) is 43.2. The van der Waals surface area contributed by atoms with Gasteiger partial charge in [-0.3, -0.25) is 24.0 Å². The Bertz CT molecular complexity index is 4860. The normalized spacial score (nSPS) is 27.8. The molecule has 143 heavy (non-hydrogen) atoms. The molecule has 4 saturated heterocycles. The quantitative estimate of drug-likeness (QED) is 0.0194. The molecule has 26 nitrogen and oxygen atoms in total. The molecule has 4 aromatic heterocycles. The topological polar surface area (TPSA) is 322 Å². The Morgan fingerprint density at radius 1 is 0.371 bits per heavy atom. The van der Waals surface area contributed by atoms with Gasteiger partial charge in [0.2, 0.25) is 23.6 Å². The van der Waals surface area contributed by atoms with Crippen molar-refractivity contribution in [3.05, 3.63) is 59.3 Å². The Morgan fingerprint density at radius 3 is 0.902 bits per heavy atom. The molecule has 8 saturated carbocycles. The van der Waals surface area contributed by atoms with Gasteiger partial charge in [-0.2, -0.15) is 0 Å². The van der Waals surface area contributed by atoms with Crippen LogP contribution in [0.3, 0.4) is 0 Å². The number of ether oxygens (including phenoxy) is 10. The van der Waals surface area contributed by atoms with Crippen LogP contribution >= 0.6 is 90.5 Å². The third-order valence-electron chi connectivity index (χ3n) is 30.9. The van der Waals surface area contributed by atoms with E-state index in [1.165, 1.54) is 61.8 Å². The number of halogens is 2. The Morgan fingerprint density at radius 2 is 0.643 bits per heavy atom. The summed E-state index contributed by atoms with van der Waals surface area (Å²) >= 11 is 9.54. The van der Waals surface area contributed by atoms with E-state index in [9.17, 15) is 58.5 Å². The molecule has 4 aromatic rings. The van der Waals surface area contributed by atoms with Crippen molar-refractivity contribution in [3.63, 3.8) is 0 Å². The number of amides is 4. The van der Waals surface area contributed by atoms with Gasteiger partial charge in [-0.05, 0) is 358 Å². The molecule has 8 aliphatic carbocycles. The van der Waals surface area contributed by atoms with Gasteiger partial charge in [-0.15, -0.1) is 45.3 Å². The summed E-state index contributed by atoms with van der Waals surface area (Å²) in [5, 5.41) is 31.0. The molecule has 4 atom stereocenters. The molecule has 8 heterocycles. The van der Waals surface area contributed by atoms with Crippen molar-refractivity contribution in [2.24, 2.45) is 64.1 Å². The third kappa shape index (κ3) is 34.7. The van der Waals surface area contributed by atoms with E-state index in [2.05, 4.69) is 103 Å². The van der Waals surface area contributed by atoms with Crippen molar-refractivity contribution < 1.29 is 135 Å². The fourth-order valence-corrected chi connectivity index (χ4v) is 27.2. The summed E-state index contributed by atoms with van der Waals surface area (Å²) in [6.45, 7) is 25.5. The fraction of sp³-hybridized carbons (Fsp3) is 0.736. The van der Waals surface area contributed by atoms with Crippen LogP contribution in [-0.2, 0) is 71.3 Å². The molecule has 4 amide bonds. The molecule has 0 aromatic carbocycles. The molecule has 4 aliphatic heterocycles. The molecular weight excluding hydrogens is 2130 g/mol. The van der Waals surface area contributed by atoms with Gasteiger partial charge in [-0.1, -0.05) is 58.3 Å². The van der Waals surface area contributed by atoms with Crippen molar-refractivity contribution in [2.45, 2.75) is 367 Å². The number of Topliss-reactive ketones (excluding diaryl/α,β-unsaturated/α-hetero) is 1. The van der Waals surface area contributed by atoms with Crippen LogP contribution in [0.2, 0.25) is 0 Å². The zero-order valence-electron chi connectivity index (χ0n) is 87.0. The molecule has 2 N–H and O–H groups in total. The van der Waals surface area contributed by atoms with Gasteiger partial charge in [0.1, 0.15) is 20.4 Å². The monoisotopic (exact) mass is 2290 g/mol. The van der Waals surface area contributed by atoms with Crippen molar-refractivity contribution in [1.82, 2.24) is 0 Å². The molecule has 12 aliphatic rings. The number of thiophene rings is 4. The Balaban J connectivity index is 0.000000179. The van der Waals surface area contributed by atoms with Gasteiger partial charge in [0.05, 0.1) is 127 Å². The molecule has 788 valence electrons. The van der Waals surface area contributed by atoms with Crippen LogP contribution in [0.15, 0.2) is 24.3 Å². The van der Waals surface area contributed by atoms with E-state index in [1.54, 1.807) is 11.0 Å². The number of aliphatic hydroxyl groups is 2. The van der Waals surface area contributed by atoms with Crippen LogP contribution in [0.5, 0.6) is 0 Å². The van der Waals surface area contributed by atoms with Gasteiger partial charge in [0.25, 0.3) is 0 Å². The second-order valence-corrected chi connectivity index (χ2v) is 51.2.